The quantitative estimate of drug-likeness (QED) is 0.913. The molecule has 1 aromatic heterocycles. The number of benzene rings is 1. The van der Waals surface area contributed by atoms with Crippen molar-refractivity contribution in [2.24, 2.45) is 0 Å². The van der Waals surface area contributed by atoms with E-state index in [4.69, 9.17) is 16.3 Å². The zero-order chi connectivity index (χ0) is 16.1. The number of hydrogen-bond donors (Lipinski definition) is 1. The van der Waals surface area contributed by atoms with Crippen molar-refractivity contribution in [1.82, 2.24) is 15.1 Å². The Kier molecular flexibility index (Phi) is 5.18. The predicted octanol–water partition coefficient (Wildman–Crippen LogP) is 3.24. The van der Waals surface area contributed by atoms with Gasteiger partial charge >= 0.3 is 0 Å². The van der Waals surface area contributed by atoms with Crippen molar-refractivity contribution in [3.8, 4) is 5.75 Å². The standard InChI is InChI=1S/C17H20ClN3O2/c18-14-5-1-2-6-16(14)23-11-8-17(22)21-10-3-4-13(12-21)15-7-9-19-20-15/h1-2,5-7,9,13H,3-4,8,10-12H2,(H,19,20)/t13-/m0/s1. The summed E-state index contributed by atoms with van der Waals surface area (Å²) in [6.07, 6.45) is 4.22. The van der Waals surface area contributed by atoms with Crippen LogP contribution in [0.4, 0.5) is 0 Å². The van der Waals surface area contributed by atoms with E-state index in [0.717, 1.165) is 31.6 Å². The molecule has 122 valence electrons. The van der Waals surface area contributed by atoms with E-state index < -0.39 is 0 Å². The number of amides is 1. The molecule has 1 N–H and O–H groups in total. The number of nitrogens with one attached hydrogen (secondary N) is 1. The molecule has 0 unspecified atom stereocenters. The molecule has 2 aromatic rings. The Morgan fingerprint density at radius 3 is 3.04 bits per heavy atom. The van der Waals surface area contributed by atoms with E-state index in [1.165, 1.54) is 0 Å². The lowest BCUT2D eigenvalue weighted by Crippen LogP contribution is -2.39. The van der Waals surface area contributed by atoms with Crippen molar-refractivity contribution in [2.45, 2.75) is 25.2 Å². The Morgan fingerprint density at radius 1 is 1.39 bits per heavy atom. The summed E-state index contributed by atoms with van der Waals surface area (Å²) in [5, 5.41) is 7.57. The largest absolute Gasteiger partial charge is 0.491 e. The monoisotopic (exact) mass is 333 g/mol. The second-order valence-electron chi connectivity index (χ2n) is 5.72. The SMILES string of the molecule is O=C(CCOc1ccccc1Cl)N1CCC[C@H](c2ccn[nH]2)C1. The molecule has 1 fully saturated rings. The smallest absolute Gasteiger partial charge is 0.226 e. The van der Waals surface area contributed by atoms with Crippen LogP contribution in [0.5, 0.6) is 5.75 Å². The summed E-state index contributed by atoms with van der Waals surface area (Å²) >= 11 is 6.03. The third kappa shape index (κ3) is 4.05. The lowest BCUT2D eigenvalue weighted by Gasteiger charge is -2.32. The number of likely N-dealkylation sites (tertiary alicyclic amines) is 1. The molecule has 2 heterocycles. The number of piperidine rings is 1. The van der Waals surface area contributed by atoms with Crippen molar-refractivity contribution < 1.29 is 9.53 Å². The van der Waals surface area contributed by atoms with Crippen molar-refractivity contribution in [3.05, 3.63) is 47.2 Å². The van der Waals surface area contributed by atoms with Crippen molar-refractivity contribution >= 4 is 17.5 Å². The Bertz CT molecular complexity index is 645. The molecule has 1 aliphatic rings. The highest BCUT2D eigenvalue weighted by Gasteiger charge is 2.25. The average Bonchev–Trinajstić information content (AvgIpc) is 3.11. The number of aromatic nitrogens is 2. The fourth-order valence-electron chi connectivity index (χ4n) is 2.92. The first-order valence-corrected chi connectivity index (χ1v) is 8.26. The molecule has 0 radical (unpaired) electrons. The van der Waals surface area contributed by atoms with Gasteiger partial charge < -0.3 is 9.64 Å². The maximum absolute atomic E-state index is 12.4. The van der Waals surface area contributed by atoms with E-state index in [0.29, 0.717) is 29.7 Å². The Morgan fingerprint density at radius 2 is 2.26 bits per heavy atom. The lowest BCUT2D eigenvalue weighted by molar-refractivity contribution is -0.132. The first-order valence-electron chi connectivity index (χ1n) is 7.88. The minimum atomic E-state index is 0.126. The maximum Gasteiger partial charge on any atom is 0.226 e. The van der Waals surface area contributed by atoms with Gasteiger partial charge in [0, 0.05) is 30.9 Å². The summed E-state index contributed by atoms with van der Waals surface area (Å²) in [5.74, 6) is 1.09. The van der Waals surface area contributed by atoms with Crippen molar-refractivity contribution in [3.63, 3.8) is 0 Å². The second-order valence-corrected chi connectivity index (χ2v) is 6.13. The molecule has 1 amide bonds. The van der Waals surface area contributed by atoms with Crippen molar-refractivity contribution in [2.75, 3.05) is 19.7 Å². The summed E-state index contributed by atoms with van der Waals surface area (Å²) in [6, 6.07) is 9.28. The molecular formula is C17H20ClN3O2. The third-order valence-electron chi connectivity index (χ3n) is 4.15. The molecule has 3 rings (SSSR count). The van der Waals surface area contributed by atoms with Crippen LogP contribution in [0, 0.1) is 0 Å². The van der Waals surface area contributed by atoms with Crippen molar-refractivity contribution in [1.29, 1.82) is 0 Å². The summed E-state index contributed by atoms with van der Waals surface area (Å²) in [5.41, 5.74) is 1.11. The first kappa shape index (κ1) is 15.9. The molecule has 0 spiro atoms. The van der Waals surface area contributed by atoms with Gasteiger partial charge in [-0.3, -0.25) is 9.89 Å². The Balaban J connectivity index is 1.49. The van der Waals surface area contributed by atoms with Crippen LogP contribution < -0.4 is 4.74 Å². The van der Waals surface area contributed by atoms with Crippen LogP contribution in [0.25, 0.3) is 0 Å². The van der Waals surface area contributed by atoms with Gasteiger partial charge in [0.15, 0.2) is 0 Å². The Hall–Kier alpha value is -2.01. The fourth-order valence-corrected chi connectivity index (χ4v) is 3.11. The van der Waals surface area contributed by atoms with Gasteiger partial charge in [-0.05, 0) is 31.0 Å². The number of nitrogens with zero attached hydrogens (tertiary/aromatic N) is 2. The highest BCUT2D eigenvalue weighted by atomic mass is 35.5. The predicted molar refractivity (Wildman–Crippen MR) is 88.7 cm³/mol. The molecule has 1 atom stereocenters. The zero-order valence-corrected chi connectivity index (χ0v) is 13.6. The minimum absolute atomic E-state index is 0.126. The van der Waals surface area contributed by atoms with Crippen LogP contribution in [0.2, 0.25) is 5.02 Å². The molecule has 0 saturated carbocycles. The molecule has 0 bridgehead atoms. The molecule has 1 aromatic carbocycles. The first-order chi connectivity index (χ1) is 11.2. The number of halogens is 1. The third-order valence-corrected chi connectivity index (χ3v) is 4.46. The number of para-hydroxylation sites is 1. The van der Waals surface area contributed by atoms with E-state index in [9.17, 15) is 4.79 Å². The van der Waals surface area contributed by atoms with E-state index in [2.05, 4.69) is 10.2 Å². The Labute approximate surface area is 140 Å². The minimum Gasteiger partial charge on any atom is -0.491 e. The van der Waals surface area contributed by atoms with Crippen LogP contribution in [-0.2, 0) is 4.79 Å². The van der Waals surface area contributed by atoms with E-state index in [1.54, 1.807) is 12.3 Å². The van der Waals surface area contributed by atoms with Gasteiger partial charge in [0.05, 0.1) is 18.1 Å². The van der Waals surface area contributed by atoms with Gasteiger partial charge in [0.2, 0.25) is 5.91 Å². The molecule has 1 aliphatic heterocycles. The van der Waals surface area contributed by atoms with E-state index >= 15 is 0 Å². The number of hydrogen-bond acceptors (Lipinski definition) is 3. The molecule has 6 heteroatoms. The number of carbonyl (C=O) groups excluding carboxylic acids is 1. The molecule has 0 aliphatic carbocycles. The zero-order valence-electron chi connectivity index (χ0n) is 12.9. The van der Waals surface area contributed by atoms with Gasteiger partial charge in [-0.15, -0.1) is 0 Å². The van der Waals surface area contributed by atoms with Gasteiger partial charge in [-0.2, -0.15) is 5.10 Å². The van der Waals surface area contributed by atoms with Gasteiger partial charge in [-0.1, -0.05) is 23.7 Å². The van der Waals surface area contributed by atoms with Crippen LogP contribution in [0.3, 0.4) is 0 Å². The van der Waals surface area contributed by atoms with Gasteiger partial charge in [0.25, 0.3) is 0 Å². The van der Waals surface area contributed by atoms with Crippen LogP contribution in [0.15, 0.2) is 36.5 Å². The fraction of sp³-hybridized carbons (Fsp3) is 0.412. The average molecular weight is 334 g/mol. The number of ether oxygens (including phenoxy) is 1. The number of H-pyrrole nitrogens is 1. The summed E-state index contributed by atoms with van der Waals surface area (Å²) in [7, 11) is 0. The van der Waals surface area contributed by atoms with E-state index in [-0.39, 0.29) is 5.91 Å². The number of rotatable bonds is 5. The van der Waals surface area contributed by atoms with Crippen LogP contribution in [-0.4, -0.2) is 40.7 Å². The maximum atomic E-state index is 12.4. The van der Waals surface area contributed by atoms with Crippen LogP contribution in [0.1, 0.15) is 30.9 Å². The second kappa shape index (κ2) is 7.51. The van der Waals surface area contributed by atoms with E-state index in [1.807, 2.05) is 29.2 Å². The summed E-state index contributed by atoms with van der Waals surface area (Å²) in [4.78, 5) is 14.3. The lowest BCUT2D eigenvalue weighted by atomic mass is 9.95. The number of carbonyl (C=O) groups is 1. The summed E-state index contributed by atoms with van der Waals surface area (Å²) < 4.78 is 5.60. The molecular weight excluding hydrogens is 314 g/mol. The highest BCUT2D eigenvalue weighted by Crippen LogP contribution is 2.26. The summed E-state index contributed by atoms with van der Waals surface area (Å²) in [6.45, 7) is 1.90. The molecule has 5 nitrogen and oxygen atoms in total. The highest BCUT2D eigenvalue weighted by molar-refractivity contribution is 6.32. The topological polar surface area (TPSA) is 58.2 Å². The van der Waals surface area contributed by atoms with Gasteiger partial charge in [0.1, 0.15) is 5.75 Å². The van der Waals surface area contributed by atoms with Gasteiger partial charge in [-0.25, -0.2) is 0 Å². The normalized spacial score (nSPS) is 18.0. The molecule has 23 heavy (non-hydrogen) atoms. The number of aromatic amines is 1. The molecule has 1 saturated heterocycles. The van der Waals surface area contributed by atoms with Crippen LogP contribution >= 0.6 is 11.6 Å².